The van der Waals surface area contributed by atoms with Gasteiger partial charge in [-0.2, -0.15) is 0 Å². The Balaban J connectivity index is 1.46. The van der Waals surface area contributed by atoms with Crippen molar-refractivity contribution in [2.45, 2.75) is 44.6 Å². The largest absolute Gasteiger partial charge is 0.382 e. The van der Waals surface area contributed by atoms with Crippen molar-refractivity contribution < 1.29 is 4.74 Å². The second-order valence-corrected chi connectivity index (χ2v) is 9.41. The molecular formula is C23H31Cl2N5O. The molecule has 8 heteroatoms. The van der Waals surface area contributed by atoms with Crippen LogP contribution in [0.1, 0.15) is 38.5 Å². The Morgan fingerprint density at radius 3 is 2.48 bits per heavy atom. The Bertz CT molecular complexity index is 867. The maximum atomic E-state index is 6.50. The lowest BCUT2D eigenvalue weighted by molar-refractivity contribution is 0.0699. The van der Waals surface area contributed by atoms with Crippen LogP contribution in [0, 0.1) is 11.8 Å². The zero-order chi connectivity index (χ0) is 21.6. The van der Waals surface area contributed by atoms with Gasteiger partial charge in [0.15, 0.2) is 5.15 Å². The molecule has 0 amide bonds. The van der Waals surface area contributed by atoms with Crippen LogP contribution in [0.4, 0.5) is 11.5 Å². The van der Waals surface area contributed by atoms with E-state index in [9.17, 15) is 0 Å². The van der Waals surface area contributed by atoms with E-state index in [4.69, 9.17) is 33.7 Å². The lowest BCUT2D eigenvalue weighted by Gasteiger charge is -2.28. The number of aromatic nitrogens is 2. The number of nitrogens with zero attached hydrogens (tertiary/aromatic N) is 2. The number of hydrogen-bond donors (Lipinski definition) is 3. The number of nitrogens with two attached hydrogens (primary N) is 1. The minimum absolute atomic E-state index is 0.421. The molecule has 2 aliphatic rings. The van der Waals surface area contributed by atoms with Gasteiger partial charge in [0.05, 0.1) is 10.7 Å². The summed E-state index contributed by atoms with van der Waals surface area (Å²) in [5.74, 6) is 2.07. The molecular weight excluding hydrogens is 433 g/mol. The van der Waals surface area contributed by atoms with E-state index >= 15 is 0 Å². The second-order valence-electron chi connectivity index (χ2n) is 8.65. The molecule has 1 aliphatic carbocycles. The van der Waals surface area contributed by atoms with Crippen LogP contribution in [0.3, 0.4) is 0 Å². The SMILES string of the molecule is NC[C@H]1CC[C@H](Nc2cc(-c3cnc(Cl)c(NCC4CCOCC4)c3)c(Cl)cn2)CC1. The van der Waals surface area contributed by atoms with Crippen LogP contribution in [0.5, 0.6) is 0 Å². The lowest BCUT2D eigenvalue weighted by atomic mass is 9.86. The maximum Gasteiger partial charge on any atom is 0.152 e. The predicted octanol–water partition coefficient (Wildman–Crippen LogP) is 5.22. The summed E-state index contributed by atoms with van der Waals surface area (Å²) >= 11 is 12.9. The van der Waals surface area contributed by atoms with Crippen LogP contribution in [0.2, 0.25) is 10.2 Å². The quantitative estimate of drug-likeness (QED) is 0.488. The molecule has 0 aromatic carbocycles. The minimum Gasteiger partial charge on any atom is -0.382 e. The number of rotatable bonds is 7. The van der Waals surface area contributed by atoms with Crippen LogP contribution >= 0.6 is 23.2 Å². The minimum atomic E-state index is 0.421. The van der Waals surface area contributed by atoms with Crippen molar-refractivity contribution in [2.24, 2.45) is 17.6 Å². The summed E-state index contributed by atoms with van der Waals surface area (Å²) in [6.45, 7) is 3.30. The van der Waals surface area contributed by atoms with Gasteiger partial charge in [0, 0.05) is 49.3 Å². The summed E-state index contributed by atoms with van der Waals surface area (Å²) in [6.07, 6.45) is 10.2. The molecule has 0 spiro atoms. The molecule has 6 nitrogen and oxygen atoms in total. The van der Waals surface area contributed by atoms with Crippen LogP contribution in [0.25, 0.3) is 11.1 Å². The topological polar surface area (TPSA) is 85.1 Å². The molecule has 168 valence electrons. The van der Waals surface area contributed by atoms with Gasteiger partial charge >= 0.3 is 0 Å². The molecule has 0 unspecified atom stereocenters. The first-order valence-electron chi connectivity index (χ1n) is 11.2. The molecule has 1 aliphatic heterocycles. The first kappa shape index (κ1) is 22.6. The molecule has 2 aromatic heterocycles. The molecule has 4 rings (SSSR count). The van der Waals surface area contributed by atoms with Crippen LogP contribution in [-0.4, -0.2) is 42.3 Å². The summed E-state index contributed by atoms with van der Waals surface area (Å²) in [5, 5.41) is 8.10. The summed E-state index contributed by atoms with van der Waals surface area (Å²) < 4.78 is 5.44. The summed E-state index contributed by atoms with van der Waals surface area (Å²) in [5.41, 5.74) is 8.46. The fourth-order valence-electron chi connectivity index (χ4n) is 4.41. The average molecular weight is 464 g/mol. The highest BCUT2D eigenvalue weighted by atomic mass is 35.5. The highest BCUT2D eigenvalue weighted by Crippen LogP contribution is 2.34. The van der Waals surface area contributed by atoms with Crippen molar-refractivity contribution in [3.05, 3.63) is 34.7 Å². The van der Waals surface area contributed by atoms with Gasteiger partial charge in [-0.1, -0.05) is 23.2 Å². The zero-order valence-corrected chi connectivity index (χ0v) is 19.3. The third-order valence-corrected chi connectivity index (χ3v) is 7.06. The van der Waals surface area contributed by atoms with Gasteiger partial charge in [-0.15, -0.1) is 0 Å². The van der Waals surface area contributed by atoms with E-state index in [1.165, 1.54) is 0 Å². The Morgan fingerprint density at radius 2 is 1.74 bits per heavy atom. The third kappa shape index (κ3) is 6.01. The van der Waals surface area contributed by atoms with Crippen molar-refractivity contribution in [3.8, 4) is 11.1 Å². The monoisotopic (exact) mass is 463 g/mol. The molecule has 1 saturated carbocycles. The maximum absolute atomic E-state index is 6.50. The van der Waals surface area contributed by atoms with E-state index in [0.717, 1.165) is 87.5 Å². The molecule has 0 radical (unpaired) electrons. The van der Waals surface area contributed by atoms with Crippen molar-refractivity contribution >= 4 is 34.7 Å². The normalized spacial score (nSPS) is 22.3. The number of hydrogen-bond acceptors (Lipinski definition) is 6. The summed E-state index contributed by atoms with van der Waals surface area (Å²) in [6, 6.07) is 4.45. The lowest BCUT2D eigenvalue weighted by Crippen LogP contribution is -2.29. The van der Waals surface area contributed by atoms with Gasteiger partial charge in [0.2, 0.25) is 0 Å². The molecule has 31 heavy (non-hydrogen) atoms. The molecule has 0 bridgehead atoms. The highest BCUT2D eigenvalue weighted by molar-refractivity contribution is 6.33. The van der Waals surface area contributed by atoms with E-state index in [2.05, 4.69) is 20.6 Å². The number of pyridine rings is 2. The highest BCUT2D eigenvalue weighted by Gasteiger charge is 2.21. The van der Waals surface area contributed by atoms with E-state index in [-0.39, 0.29) is 0 Å². The first-order valence-corrected chi connectivity index (χ1v) is 12.0. The number of nitrogens with one attached hydrogen (secondary N) is 2. The molecule has 2 aromatic rings. The van der Waals surface area contributed by atoms with E-state index in [1.54, 1.807) is 12.4 Å². The molecule has 1 saturated heterocycles. The van der Waals surface area contributed by atoms with Crippen molar-refractivity contribution in [1.29, 1.82) is 0 Å². The molecule has 0 atom stereocenters. The smallest absolute Gasteiger partial charge is 0.152 e. The fraction of sp³-hybridized carbons (Fsp3) is 0.565. The van der Waals surface area contributed by atoms with Crippen molar-refractivity contribution in [1.82, 2.24) is 9.97 Å². The Labute approximate surface area is 194 Å². The predicted molar refractivity (Wildman–Crippen MR) is 128 cm³/mol. The molecule has 3 heterocycles. The van der Waals surface area contributed by atoms with Crippen molar-refractivity contribution in [2.75, 3.05) is 36.9 Å². The Kier molecular flexibility index (Phi) is 7.88. The standard InChI is InChI=1S/C23H31Cl2N5O/c24-20-14-28-22(30-18-3-1-15(11-26)2-4-18)10-19(20)17-9-21(23(25)29-13-17)27-12-16-5-7-31-8-6-16/h9-10,13-16,18,27H,1-8,11-12,26H2,(H,28,30)/t15-,18-. The zero-order valence-electron chi connectivity index (χ0n) is 17.7. The van der Waals surface area contributed by atoms with E-state index in [0.29, 0.717) is 28.1 Å². The third-order valence-electron chi connectivity index (χ3n) is 6.46. The summed E-state index contributed by atoms with van der Waals surface area (Å²) in [4.78, 5) is 8.88. The van der Waals surface area contributed by atoms with E-state index < -0.39 is 0 Å². The van der Waals surface area contributed by atoms with Gasteiger partial charge in [-0.25, -0.2) is 9.97 Å². The van der Waals surface area contributed by atoms with E-state index in [1.807, 2.05) is 12.1 Å². The first-order chi connectivity index (χ1) is 15.1. The second kappa shape index (κ2) is 10.8. The number of halogens is 2. The summed E-state index contributed by atoms with van der Waals surface area (Å²) in [7, 11) is 0. The van der Waals surface area contributed by atoms with Gasteiger partial charge < -0.3 is 21.1 Å². The van der Waals surface area contributed by atoms with Crippen LogP contribution in [0.15, 0.2) is 24.5 Å². The Hall–Kier alpha value is -1.60. The number of ether oxygens (including phenoxy) is 1. The average Bonchev–Trinajstić information content (AvgIpc) is 2.81. The van der Waals surface area contributed by atoms with Crippen LogP contribution in [-0.2, 0) is 4.74 Å². The fourth-order valence-corrected chi connectivity index (χ4v) is 4.80. The van der Waals surface area contributed by atoms with Crippen molar-refractivity contribution in [3.63, 3.8) is 0 Å². The van der Waals surface area contributed by atoms with Gasteiger partial charge in [0.25, 0.3) is 0 Å². The molecule has 4 N–H and O–H groups in total. The molecule has 2 fully saturated rings. The van der Waals surface area contributed by atoms with Gasteiger partial charge in [-0.05, 0) is 69.0 Å². The van der Waals surface area contributed by atoms with Gasteiger partial charge in [-0.3, -0.25) is 0 Å². The van der Waals surface area contributed by atoms with Gasteiger partial charge in [0.1, 0.15) is 5.82 Å². The Morgan fingerprint density at radius 1 is 0.968 bits per heavy atom. The van der Waals surface area contributed by atoms with Crippen LogP contribution < -0.4 is 16.4 Å². The number of anilines is 2.